The number of carbonyl (C=O) groups is 1. The van der Waals surface area contributed by atoms with E-state index in [-0.39, 0.29) is 6.23 Å². The van der Waals surface area contributed by atoms with Gasteiger partial charge in [-0.1, -0.05) is 13.5 Å². The fourth-order valence-corrected chi connectivity index (χ4v) is 0.882. The average molecular weight is 188 g/mol. The Hall–Kier alpha value is -0.870. The van der Waals surface area contributed by atoms with Crippen LogP contribution >= 0.6 is 0 Å². The Bertz CT molecular complexity index is 184. The van der Waals surface area contributed by atoms with Gasteiger partial charge in [-0.05, 0) is 0 Å². The summed E-state index contributed by atoms with van der Waals surface area (Å²) in [4.78, 5) is 20.1. The van der Waals surface area contributed by atoms with Gasteiger partial charge in [0.25, 0.3) is 0 Å². The minimum atomic E-state index is -0.563. The summed E-state index contributed by atoms with van der Waals surface area (Å²) in [6.07, 6.45) is 1.69. The molecule has 0 fully saturated rings. The van der Waals surface area contributed by atoms with E-state index >= 15 is 0 Å². The second-order valence-electron chi connectivity index (χ2n) is 3.68. The lowest BCUT2D eigenvalue weighted by Gasteiger charge is -2.30. The van der Waals surface area contributed by atoms with Crippen molar-refractivity contribution in [2.75, 3.05) is 21.1 Å². The molecule has 0 aliphatic rings. The van der Waals surface area contributed by atoms with Crippen LogP contribution in [0.25, 0.3) is 0 Å². The summed E-state index contributed by atoms with van der Waals surface area (Å²) in [5.41, 5.74) is 0. The first-order valence-electron chi connectivity index (χ1n) is 4.22. The van der Waals surface area contributed by atoms with Crippen LogP contribution in [0.2, 0.25) is 0 Å². The normalized spacial score (nSPS) is 13.5. The van der Waals surface area contributed by atoms with Crippen LogP contribution in [-0.2, 0) is 14.6 Å². The molecule has 13 heavy (non-hydrogen) atoms. The molecule has 76 valence electrons. The smallest absolute Gasteiger partial charge is 0.303 e. The van der Waals surface area contributed by atoms with Gasteiger partial charge in [0, 0.05) is 12.5 Å². The first-order valence-corrected chi connectivity index (χ1v) is 4.22. The summed E-state index contributed by atoms with van der Waals surface area (Å²) >= 11 is 0. The highest BCUT2D eigenvalue weighted by molar-refractivity contribution is 5.80. The van der Waals surface area contributed by atoms with Gasteiger partial charge in [0.2, 0.25) is 6.23 Å². The lowest BCUT2D eigenvalue weighted by Crippen LogP contribution is -2.46. The molecule has 0 spiro atoms. The molecule has 1 atom stereocenters. The summed E-state index contributed by atoms with van der Waals surface area (Å²) in [5, 5.41) is 0. The minimum Gasteiger partial charge on any atom is -0.303 e. The van der Waals surface area contributed by atoms with Gasteiger partial charge in [-0.3, -0.25) is 4.89 Å². The van der Waals surface area contributed by atoms with E-state index in [0.29, 0.717) is 4.48 Å². The van der Waals surface area contributed by atoms with Crippen LogP contribution < -0.4 is 0 Å². The van der Waals surface area contributed by atoms with Crippen molar-refractivity contribution in [3.05, 3.63) is 12.7 Å². The lowest BCUT2D eigenvalue weighted by atomic mass is 10.3. The van der Waals surface area contributed by atoms with Gasteiger partial charge < -0.3 is 4.48 Å². The van der Waals surface area contributed by atoms with Crippen LogP contribution in [0.4, 0.5) is 0 Å². The van der Waals surface area contributed by atoms with Gasteiger partial charge >= 0.3 is 5.97 Å². The molecule has 0 aliphatic heterocycles. The maximum Gasteiger partial charge on any atom is 0.365 e. The Balaban J connectivity index is 4.00. The van der Waals surface area contributed by atoms with Crippen molar-refractivity contribution in [2.24, 2.45) is 0 Å². The van der Waals surface area contributed by atoms with Crippen LogP contribution in [0.15, 0.2) is 12.7 Å². The number of rotatable bonds is 5. The molecule has 0 rings (SSSR count). The molecule has 4 heteroatoms. The molecule has 0 amide bonds. The van der Waals surface area contributed by atoms with Crippen molar-refractivity contribution in [2.45, 2.75) is 19.6 Å². The zero-order chi connectivity index (χ0) is 10.5. The molecule has 0 N–H and O–H groups in total. The second kappa shape index (κ2) is 4.99. The highest BCUT2D eigenvalue weighted by Gasteiger charge is 2.24. The zero-order valence-corrected chi connectivity index (χ0v) is 8.74. The number of hydrogen-bond donors (Lipinski definition) is 0. The van der Waals surface area contributed by atoms with Crippen LogP contribution in [0, 0.1) is 0 Å². The summed E-state index contributed by atoms with van der Waals surface area (Å²) in [5.74, 6) is -0.563. The third-order valence-corrected chi connectivity index (χ3v) is 1.62. The van der Waals surface area contributed by atoms with Crippen molar-refractivity contribution >= 4 is 5.97 Å². The summed E-state index contributed by atoms with van der Waals surface area (Å²) < 4.78 is 0.584. The Morgan fingerprint density at radius 3 is 2.38 bits per heavy atom. The fourth-order valence-electron chi connectivity index (χ4n) is 0.882. The van der Waals surface area contributed by atoms with Gasteiger partial charge in [-0.2, -0.15) is 0 Å². The SMILES string of the molecule is C=CC(=O)OOC(CC)[N+](C)(C)C. The van der Waals surface area contributed by atoms with Crippen molar-refractivity contribution in [1.82, 2.24) is 0 Å². The molecule has 4 nitrogen and oxygen atoms in total. The van der Waals surface area contributed by atoms with Crippen LogP contribution in [-0.4, -0.2) is 37.8 Å². The summed E-state index contributed by atoms with van der Waals surface area (Å²) in [6, 6.07) is 0. The topological polar surface area (TPSA) is 35.5 Å². The average Bonchev–Trinajstić information content (AvgIpc) is 2.02. The Morgan fingerprint density at radius 1 is 1.54 bits per heavy atom. The molecule has 0 bridgehead atoms. The number of quaternary nitrogens is 1. The van der Waals surface area contributed by atoms with Gasteiger partial charge in [0.05, 0.1) is 21.1 Å². The van der Waals surface area contributed by atoms with E-state index in [2.05, 4.69) is 11.5 Å². The van der Waals surface area contributed by atoms with Gasteiger partial charge in [0.1, 0.15) is 0 Å². The van der Waals surface area contributed by atoms with Crippen molar-refractivity contribution in [3.63, 3.8) is 0 Å². The van der Waals surface area contributed by atoms with Crippen LogP contribution in [0.3, 0.4) is 0 Å². The zero-order valence-electron chi connectivity index (χ0n) is 8.74. The van der Waals surface area contributed by atoms with E-state index in [1.807, 2.05) is 28.1 Å². The first kappa shape index (κ1) is 12.1. The Morgan fingerprint density at radius 2 is 2.08 bits per heavy atom. The van der Waals surface area contributed by atoms with E-state index in [1.165, 1.54) is 0 Å². The van der Waals surface area contributed by atoms with Crippen molar-refractivity contribution < 1.29 is 19.1 Å². The molecule has 0 saturated heterocycles. The maximum atomic E-state index is 10.7. The minimum absolute atomic E-state index is 0.149. The fraction of sp³-hybridized carbons (Fsp3) is 0.667. The predicted molar refractivity (Wildman–Crippen MR) is 49.5 cm³/mol. The Kier molecular flexibility index (Phi) is 4.66. The molecule has 0 heterocycles. The van der Waals surface area contributed by atoms with E-state index in [9.17, 15) is 4.79 Å². The molecule has 0 saturated carbocycles. The maximum absolute atomic E-state index is 10.7. The van der Waals surface area contributed by atoms with Gasteiger partial charge in [-0.15, -0.1) is 4.89 Å². The molecule has 0 aromatic carbocycles. The van der Waals surface area contributed by atoms with E-state index in [0.717, 1.165) is 12.5 Å². The van der Waals surface area contributed by atoms with Crippen LogP contribution in [0.1, 0.15) is 13.3 Å². The van der Waals surface area contributed by atoms with E-state index in [4.69, 9.17) is 4.89 Å². The molecule has 0 aliphatic carbocycles. The summed E-state index contributed by atoms with van der Waals surface area (Å²) in [7, 11) is 5.90. The highest BCUT2D eigenvalue weighted by atomic mass is 17.2. The monoisotopic (exact) mass is 188 g/mol. The first-order chi connectivity index (χ1) is 5.91. The molecule has 0 radical (unpaired) electrons. The highest BCUT2D eigenvalue weighted by Crippen LogP contribution is 2.09. The van der Waals surface area contributed by atoms with Crippen molar-refractivity contribution in [3.8, 4) is 0 Å². The van der Waals surface area contributed by atoms with Gasteiger partial charge in [0.15, 0.2) is 0 Å². The Labute approximate surface area is 79.3 Å². The van der Waals surface area contributed by atoms with E-state index < -0.39 is 5.97 Å². The molecule has 0 aromatic rings. The van der Waals surface area contributed by atoms with E-state index in [1.54, 1.807) is 0 Å². The number of carbonyl (C=O) groups excluding carboxylic acids is 1. The molecule has 0 aromatic heterocycles. The largest absolute Gasteiger partial charge is 0.365 e. The van der Waals surface area contributed by atoms with Gasteiger partial charge in [-0.25, -0.2) is 4.79 Å². The quantitative estimate of drug-likeness (QED) is 0.213. The number of hydrogen-bond acceptors (Lipinski definition) is 3. The molecular weight excluding hydrogens is 170 g/mol. The summed E-state index contributed by atoms with van der Waals surface area (Å²) in [6.45, 7) is 5.24. The predicted octanol–water partition coefficient (Wildman–Crippen LogP) is 1.09. The molecular formula is C9H18NO3+. The standard InChI is InChI=1S/C9H18NO3/c1-6-8(10(3,4)5)12-13-9(11)7-2/h7-8H,2,6H2,1,3-5H3/q+1. The number of nitrogens with zero attached hydrogens (tertiary/aromatic N) is 1. The third kappa shape index (κ3) is 4.65. The van der Waals surface area contributed by atoms with Crippen molar-refractivity contribution in [1.29, 1.82) is 0 Å². The van der Waals surface area contributed by atoms with Crippen LogP contribution in [0.5, 0.6) is 0 Å². The second-order valence-corrected chi connectivity index (χ2v) is 3.68. The molecule has 1 unspecified atom stereocenters. The lowest BCUT2D eigenvalue weighted by molar-refractivity contribution is -0.929. The third-order valence-electron chi connectivity index (χ3n) is 1.62.